The number of benzene rings is 1. The van der Waals surface area contributed by atoms with Crippen LogP contribution in [0.4, 0.5) is 13.2 Å². The van der Waals surface area contributed by atoms with E-state index in [2.05, 4.69) is 10.6 Å². The lowest BCUT2D eigenvalue weighted by Gasteiger charge is -2.08. The van der Waals surface area contributed by atoms with E-state index in [0.29, 0.717) is 18.2 Å². The van der Waals surface area contributed by atoms with E-state index in [-0.39, 0.29) is 12.3 Å². The molecule has 2 rings (SSSR count). The van der Waals surface area contributed by atoms with Crippen LogP contribution in [-0.4, -0.2) is 25.0 Å². The van der Waals surface area contributed by atoms with Crippen molar-refractivity contribution in [3.63, 3.8) is 0 Å². The zero-order valence-corrected chi connectivity index (χ0v) is 11.0. The predicted molar refractivity (Wildman–Crippen MR) is 69.2 cm³/mol. The topological polar surface area (TPSA) is 41.1 Å². The van der Waals surface area contributed by atoms with Crippen molar-refractivity contribution in [2.24, 2.45) is 0 Å². The molecular formula is C14H17F3N2O. The van der Waals surface area contributed by atoms with E-state index in [9.17, 15) is 18.0 Å². The Hall–Kier alpha value is -1.56. The normalized spacial score (nSPS) is 15.2. The van der Waals surface area contributed by atoms with Crippen molar-refractivity contribution >= 4 is 5.91 Å². The van der Waals surface area contributed by atoms with E-state index < -0.39 is 11.7 Å². The van der Waals surface area contributed by atoms with Crippen LogP contribution < -0.4 is 10.6 Å². The number of carbonyl (C=O) groups excluding carboxylic acids is 1. The van der Waals surface area contributed by atoms with Crippen LogP contribution in [0.3, 0.4) is 0 Å². The largest absolute Gasteiger partial charge is 0.416 e. The van der Waals surface area contributed by atoms with Gasteiger partial charge in [-0.15, -0.1) is 0 Å². The molecule has 1 fully saturated rings. The number of nitrogens with one attached hydrogen (secondary N) is 2. The molecule has 3 nitrogen and oxygen atoms in total. The van der Waals surface area contributed by atoms with E-state index >= 15 is 0 Å². The monoisotopic (exact) mass is 286 g/mol. The first-order valence-corrected chi connectivity index (χ1v) is 6.61. The fraction of sp³-hybridized carbons (Fsp3) is 0.500. The summed E-state index contributed by atoms with van der Waals surface area (Å²) in [4.78, 5) is 11.6. The Kier molecular flexibility index (Phi) is 4.65. The lowest BCUT2D eigenvalue weighted by Crippen LogP contribution is -2.33. The van der Waals surface area contributed by atoms with Gasteiger partial charge < -0.3 is 10.6 Å². The number of amides is 1. The second-order valence-electron chi connectivity index (χ2n) is 4.95. The second kappa shape index (κ2) is 6.26. The molecule has 2 N–H and O–H groups in total. The number of alkyl halides is 3. The summed E-state index contributed by atoms with van der Waals surface area (Å²) in [5.41, 5.74) is -0.124. The Morgan fingerprint density at radius 1 is 1.15 bits per heavy atom. The van der Waals surface area contributed by atoms with Gasteiger partial charge in [0.25, 0.3) is 0 Å². The van der Waals surface area contributed by atoms with Gasteiger partial charge in [-0.05, 0) is 30.5 Å². The molecule has 20 heavy (non-hydrogen) atoms. The first-order chi connectivity index (χ1) is 9.45. The Labute approximate surface area is 115 Å². The van der Waals surface area contributed by atoms with Crippen LogP contribution in [0.2, 0.25) is 0 Å². The maximum atomic E-state index is 12.4. The van der Waals surface area contributed by atoms with Crippen LogP contribution in [0.1, 0.15) is 24.0 Å². The zero-order chi connectivity index (χ0) is 14.6. The van der Waals surface area contributed by atoms with E-state index in [0.717, 1.165) is 18.7 Å². The Morgan fingerprint density at radius 2 is 1.80 bits per heavy atom. The summed E-state index contributed by atoms with van der Waals surface area (Å²) in [6.45, 7) is 1.26. The molecule has 110 valence electrons. The summed E-state index contributed by atoms with van der Waals surface area (Å²) in [5, 5.41) is 6.00. The lowest BCUT2D eigenvalue weighted by molar-refractivity contribution is -0.137. The van der Waals surface area contributed by atoms with Crippen LogP contribution >= 0.6 is 0 Å². The number of rotatable bonds is 6. The van der Waals surface area contributed by atoms with Gasteiger partial charge in [-0.1, -0.05) is 12.1 Å². The van der Waals surface area contributed by atoms with Gasteiger partial charge in [-0.2, -0.15) is 13.2 Å². The summed E-state index contributed by atoms with van der Waals surface area (Å²) in [6.07, 6.45) is -1.85. The smallest absolute Gasteiger partial charge is 0.355 e. The fourth-order valence-electron chi connectivity index (χ4n) is 1.83. The van der Waals surface area contributed by atoms with E-state index in [1.165, 1.54) is 25.0 Å². The molecule has 0 atom stereocenters. The van der Waals surface area contributed by atoms with Gasteiger partial charge in [0.1, 0.15) is 0 Å². The summed E-state index contributed by atoms with van der Waals surface area (Å²) in [5.74, 6) is -0.178. The van der Waals surface area contributed by atoms with E-state index in [4.69, 9.17) is 0 Å². The third-order valence-corrected chi connectivity index (χ3v) is 3.10. The molecule has 0 bridgehead atoms. The highest BCUT2D eigenvalue weighted by Gasteiger charge is 2.29. The Morgan fingerprint density at radius 3 is 2.35 bits per heavy atom. The lowest BCUT2D eigenvalue weighted by atomic mass is 10.1. The summed E-state index contributed by atoms with van der Waals surface area (Å²) in [7, 11) is 0. The highest BCUT2D eigenvalue weighted by molar-refractivity contribution is 5.78. The number of halogens is 3. The van der Waals surface area contributed by atoms with Crippen molar-refractivity contribution in [3.05, 3.63) is 35.4 Å². The van der Waals surface area contributed by atoms with Crippen LogP contribution in [0.25, 0.3) is 0 Å². The van der Waals surface area contributed by atoms with Crippen molar-refractivity contribution in [3.8, 4) is 0 Å². The maximum absolute atomic E-state index is 12.4. The van der Waals surface area contributed by atoms with Gasteiger partial charge in [0, 0.05) is 19.1 Å². The van der Waals surface area contributed by atoms with Crippen molar-refractivity contribution in [2.45, 2.75) is 31.5 Å². The quantitative estimate of drug-likeness (QED) is 0.786. The molecule has 1 aromatic rings. The van der Waals surface area contributed by atoms with Crippen molar-refractivity contribution in [2.75, 3.05) is 13.1 Å². The molecule has 1 aliphatic rings. The van der Waals surface area contributed by atoms with Crippen LogP contribution in [0, 0.1) is 0 Å². The minimum atomic E-state index is -4.34. The Balaban J connectivity index is 1.72. The summed E-state index contributed by atoms with van der Waals surface area (Å²) in [6, 6.07) is 5.27. The maximum Gasteiger partial charge on any atom is 0.416 e. The van der Waals surface area contributed by atoms with Gasteiger partial charge in [-0.3, -0.25) is 4.79 Å². The van der Waals surface area contributed by atoms with Gasteiger partial charge in [0.15, 0.2) is 0 Å². The van der Waals surface area contributed by atoms with Gasteiger partial charge in [0.05, 0.1) is 12.0 Å². The first kappa shape index (κ1) is 14.8. The average Bonchev–Trinajstić information content (AvgIpc) is 3.18. The molecule has 6 heteroatoms. The third-order valence-electron chi connectivity index (χ3n) is 3.10. The second-order valence-corrected chi connectivity index (χ2v) is 4.95. The zero-order valence-electron chi connectivity index (χ0n) is 11.0. The minimum Gasteiger partial charge on any atom is -0.355 e. The molecule has 1 aliphatic carbocycles. The van der Waals surface area contributed by atoms with Crippen LogP contribution in [0.5, 0.6) is 0 Å². The highest BCUT2D eigenvalue weighted by atomic mass is 19.4. The van der Waals surface area contributed by atoms with E-state index in [1.54, 1.807) is 0 Å². The molecule has 1 saturated carbocycles. The fourth-order valence-corrected chi connectivity index (χ4v) is 1.83. The van der Waals surface area contributed by atoms with E-state index in [1.807, 2.05) is 0 Å². The molecule has 0 spiro atoms. The number of carbonyl (C=O) groups is 1. The van der Waals surface area contributed by atoms with Crippen LogP contribution in [0.15, 0.2) is 24.3 Å². The summed E-state index contributed by atoms with van der Waals surface area (Å²) < 4.78 is 37.1. The molecular weight excluding hydrogens is 269 g/mol. The highest BCUT2D eigenvalue weighted by Crippen LogP contribution is 2.29. The number of hydrogen-bond acceptors (Lipinski definition) is 2. The van der Waals surface area contributed by atoms with Crippen LogP contribution in [-0.2, 0) is 17.4 Å². The molecule has 0 saturated heterocycles. The standard InChI is InChI=1S/C14H17F3N2O/c15-14(16,17)11-3-1-10(2-4-11)9-13(20)19-8-7-18-12-5-6-12/h1-4,12,18H,5-9H2,(H,19,20). The SMILES string of the molecule is O=C(Cc1ccc(C(F)(F)F)cc1)NCCNC1CC1. The third kappa shape index (κ3) is 4.85. The molecule has 0 aliphatic heterocycles. The predicted octanol–water partition coefficient (Wildman–Crippen LogP) is 2.12. The summed E-state index contributed by atoms with van der Waals surface area (Å²) >= 11 is 0. The molecule has 0 aromatic heterocycles. The first-order valence-electron chi connectivity index (χ1n) is 6.61. The molecule has 0 radical (unpaired) electrons. The molecule has 0 unspecified atom stereocenters. The van der Waals surface area contributed by atoms with Crippen molar-refractivity contribution < 1.29 is 18.0 Å². The van der Waals surface area contributed by atoms with Gasteiger partial charge in [-0.25, -0.2) is 0 Å². The van der Waals surface area contributed by atoms with Crippen molar-refractivity contribution in [1.82, 2.24) is 10.6 Å². The Bertz CT molecular complexity index is 452. The average molecular weight is 286 g/mol. The van der Waals surface area contributed by atoms with Gasteiger partial charge >= 0.3 is 6.18 Å². The van der Waals surface area contributed by atoms with Crippen molar-refractivity contribution in [1.29, 1.82) is 0 Å². The molecule has 1 amide bonds. The number of hydrogen-bond donors (Lipinski definition) is 2. The van der Waals surface area contributed by atoms with Gasteiger partial charge in [0.2, 0.25) is 5.91 Å². The minimum absolute atomic E-state index is 0.0988. The molecule has 1 aromatic carbocycles. The molecule has 0 heterocycles.